The molecule has 6 heteroatoms. The first-order valence-corrected chi connectivity index (χ1v) is 5.79. The van der Waals surface area contributed by atoms with Crippen LogP contribution in [0.25, 0.3) is 0 Å². The Morgan fingerprint density at radius 3 is 2.35 bits per heavy atom. The maximum atomic E-state index is 11.8. The van der Waals surface area contributed by atoms with E-state index in [1.807, 2.05) is 0 Å². The van der Waals surface area contributed by atoms with Crippen molar-refractivity contribution in [2.75, 3.05) is 5.32 Å². The second-order valence-corrected chi connectivity index (χ2v) is 4.03. The standard InChI is InChI=1S/C14H14N2O4/c1-3-4-12(14(19)20)16-13(18)10-5-7-11(8-6-10)15-9(2)17/h1,5-8,12H,4H2,2H3,(H,15,17)(H,16,18)(H,19,20)/t12-/m0/s1. The lowest BCUT2D eigenvalue weighted by atomic mass is 10.1. The van der Waals surface area contributed by atoms with Crippen molar-refractivity contribution < 1.29 is 19.5 Å². The summed E-state index contributed by atoms with van der Waals surface area (Å²) < 4.78 is 0. The molecule has 3 N–H and O–H groups in total. The third-order valence-corrected chi connectivity index (χ3v) is 2.39. The summed E-state index contributed by atoms with van der Waals surface area (Å²) in [5.74, 6) is 0.245. The zero-order valence-electron chi connectivity index (χ0n) is 10.8. The number of terminal acetylenes is 1. The van der Waals surface area contributed by atoms with Crippen LogP contribution >= 0.6 is 0 Å². The maximum absolute atomic E-state index is 11.8. The van der Waals surface area contributed by atoms with Crippen LogP contribution in [0, 0.1) is 12.3 Å². The number of aliphatic carboxylic acids is 1. The van der Waals surface area contributed by atoms with E-state index in [0.717, 1.165) is 0 Å². The molecule has 6 nitrogen and oxygen atoms in total. The summed E-state index contributed by atoms with van der Waals surface area (Å²) in [7, 11) is 0. The van der Waals surface area contributed by atoms with E-state index in [-0.39, 0.29) is 17.9 Å². The van der Waals surface area contributed by atoms with Crippen molar-refractivity contribution in [2.45, 2.75) is 19.4 Å². The smallest absolute Gasteiger partial charge is 0.327 e. The number of hydrogen-bond acceptors (Lipinski definition) is 3. The summed E-state index contributed by atoms with van der Waals surface area (Å²) in [5.41, 5.74) is 0.829. The molecule has 2 amide bonds. The van der Waals surface area contributed by atoms with Crippen molar-refractivity contribution >= 4 is 23.5 Å². The van der Waals surface area contributed by atoms with Crippen molar-refractivity contribution in [2.24, 2.45) is 0 Å². The average molecular weight is 274 g/mol. The van der Waals surface area contributed by atoms with E-state index in [9.17, 15) is 14.4 Å². The Labute approximate surface area is 116 Å². The van der Waals surface area contributed by atoms with Crippen LogP contribution in [0.5, 0.6) is 0 Å². The largest absolute Gasteiger partial charge is 0.480 e. The van der Waals surface area contributed by atoms with E-state index in [1.54, 1.807) is 12.1 Å². The summed E-state index contributed by atoms with van der Waals surface area (Å²) in [4.78, 5) is 33.6. The average Bonchev–Trinajstić information content (AvgIpc) is 2.38. The highest BCUT2D eigenvalue weighted by Crippen LogP contribution is 2.09. The number of amides is 2. The van der Waals surface area contributed by atoms with Crippen LogP contribution in [-0.4, -0.2) is 28.9 Å². The Morgan fingerprint density at radius 2 is 1.90 bits per heavy atom. The van der Waals surface area contributed by atoms with Crippen LogP contribution in [0.4, 0.5) is 5.69 Å². The molecule has 0 saturated carbocycles. The minimum atomic E-state index is -1.19. The second-order valence-electron chi connectivity index (χ2n) is 4.03. The molecule has 1 aromatic carbocycles. The predicted octanol–water partition coefficient (Wildman–Crippen LogP) is 0.851. The molecule has 0 bridgehead atoms. The van der Waals surface area contributed by atoms with Crippen LogP contribution in [0.3, 0.4) is 0 Å². The fourth-order valence-corrected chi connectivity index (χ4v) is 1.47. The third kappa shape index (κ3) is 4.46. The van der Waals surface area contributed by atoms with Crippen LogP contribution < -0.4 is 10.6 Å². The Hall–Kier alpha value is -2.81. The molecule has 0 aliphatic heterocycles. The zero-order chi connectivity index (χ0) is 15.1. The molecular weight excluding hydrogens is 260 g/mol. The SMILES string of the molecule is C#CC[C@H](NC(=O)c1ccc(NC(C)=O)cc1)C(=O)O. The molecule has 0 fully saturated rings. The topological polar surface area (TPSA) is 95.5 Å². The number of nitrogens with one attached hydrogen (secondary N) is 2. The number of carboxylic acids is 1. The monoisotopic (exact) mass is 274 g/mol. The fourth-order valence-electron chi connectivity index (χ4n) is 1.47. The van der Waals surface area contributed by atoms with Gasteiger partial charge >= 0.3 is 5.97 Å². The molecule has 0 unspecified atom stereocenters. The number of anilines is 1. The first-order chi connectivity index (χ1) is 9.43. The summed E-state index contributed by atoms with van der Waals surface area (Å²) in [6.45, 7) is 1.37. The van der Waals surface area contributed by atoms with Gasteiger partial charge < -0.3 is 15.7 Å². The number of carbonyl (C=O) groups excluding carboxylic acids is 2. The first-order valence-electron chi connectivity index (χ1n) is 5.79. The van der Waals surface area contributed by atoms with Gasteiger partial charge in [-0.25, -0.2) is 4.79 Å². The molecule has 0 aromatic heterocycles. The van der Waals surface area contributed by atoms with E-state index >= 15 is 0 Å². The van der Waals surface area contributed by atoms with Gasteiger partial charge in [-0.2, -0.15) is 0 Å². The quantitative estimate of drug-likeness (QED) is 0.694. The van der Waals surface area contributed by atoms with Gasteiger partial charge in [0.05, 0.1) is 0 Å². The third-order valence-electron chi connectivity index (χ3n) is 2.39. The van der Waals surface area contributed by atoms with Gasteiger partial charge in [-0.05, 0) is 24.3 Å². The molecule has 0 heterocycles. The normalized spacial score (nSPS) is 11.0. The van der Waals surface area contributed by atoms with Gasteiger partial charge in [-0.3, -0.25) is 9.59 Å². The van der Waals surface area contributed by atoms with Crippen LogP contribution in [-0.2, 0) is 9.59 Å². The van der Waals surface area contributed by atoms with Crippen molar-refractivity contribution in [3.8, 4) is 12.3 Å². The molecular formula is C14H14N2O4. The van der Waals surface area contributed by atoms with Crippen LogP contribution in [0.15, 0.2) is 24.3 Å². The summed E-state index contributed by atoms with van der Waals surface area (Å²) in [6.07, 6.45) is 4.95. The number of carboxylic acid groups (broad SMARTS) is 1. The van der Waals surface area contributed by atoms with E-state index in [4.69, 9.17) is 11.5 Å². The highest BCUT2D eigenvalue weighted by Gasteiger charge is 2.19. The molecule has 104 valence electrons. The second kappa shape index (κ2) is 6.95. The van der Waals surface area contributed by atoms with Gasteiger partial charge in [0.25, 0.3) is 5.91 Å². The lowest BCUT2D eigenvalue weighted by Crippen LogP contribution is -2.40. The fraction of sp³-hybridized carbons (Fsp3) is 0.214. The lowest BCUT2D eigenvalue weighted by Gasteiger charge is -2.12. The molecule has 0 aliphatic carbocycles. The van der Waals surface area contributed by atoms with Gasteiger partial charge in [-0.1, -0.05) is 0 Å². The van der Waals surface area contributed by atoms with Crippen molar-refractivity contribution in [3.63, 3.8) is 0 Å². The molecule has 20 heavy (non-hydrogen) atoms. The lowest BCUT2D eigenvalue weighted by molar-refractivity contribution is -0.139. The Kier molecular flexibility index (Phi) is 5.30. The maximum Gasteiger partial charge on any atom is 0.327 e. The summed E-state index contributed by atoms with van der Waals surface area (Å²) in [5, 5.41) is 13.8. The van der Waals surface area contributed by atoms with E-state index in [0.29, 0.717) is 5.69 Å². The van der Waals surface area contributed by atoms with Crippen LogP contribution in [0.2, 0.25) is 0 Å². The van der Waals surface area contributed by atoms with Gasteiger partial charge in [0.15, 0.2) is 0 Å². The molecule has 0 radical (unpaired) electrons. The number of hydrogen-bond donors (Lipinski definition) is 3. The highest BCUT2D eigenvalue weighted by atomic mass is 16.4. The van der Waals surface area contributed by atoms with E-state index < -0.39 is 17.9 Å². The van der Waals surface area contributed by atoms with Gasteiger partial charge in [0, 0.05) is 24.6 Å². The molecule has 1 atom stereocenters. The van der Waals surface area contributed by atoms with E-state index in [2.05, 4.69) is 16.6 Å². The molecule has 1 aromatic rings. The minimum Gasteiger partial charge on any atom is -0.480 e. The number of benzene rings is 1. The van der Waals surface area contributed by atoms with Crippen molar-refractivity contribution in [3.05, 3.63) is 29.8 Å². The van der Waals surface area contributed by atoms with Crippen LogP contribution in [0.1, 0.15) is 23.7 Å². The zero-order valence-corrected chi connectivity index (χ0v) is 10.8. The summed E-state index contributed by atoms with van der Waals surface area (Å²) >= 11 is 0. The Balaban J connectivity index is 2.75. The Bertz CT molecular complexity index is 558. The minimum absolute atomic E-state index is 0.0922. The molecule has 1 rings (SSSR count). The van der Waals surface area contributed by atoms with E-state index in [1.165, 1.54) is 19.1 Å². The first kappa shape index (κ1) is 15.2. The highest BCUT2D eigenvalue weighted by molar-refractivity contribution is 5.97. The molecule has 0 aliphatic rings. The van der Waals surface area contributed by atoms with Gasteiger partial charge in [-0.15, -0.1) is 12.3 Å². The number of rotatable bonds is 5. The molecule has 0 spiro atoms. The molecule has 0 saturated heterocycles. The predicted molar refractivity (Wildman–Crippen MR) is 73.1 cm³/mol. The van der Waals surface area contributed by atoms with Crippen molar-refractivity contribution in [1.82, 2.24) is 5.32 Å². The van der Waals surface area contributed by atoms with Gasteiger partial charge in [0.2, 0.25) is 5.91 Å². The van der Waals surface area contributed by atoms with Crippen molar-refractivity contribution in [1.29, 1.82) is 0 Å². The summed E-state index contributed by atoms with van der Waals surface area (Å²) in [6, 6.07) is 4.94. The Morgan fingerprint density at radius 1 is 1.30 bits per heavy atom. The number of carbonyl (C=O) groups is 3. The van der Waals surface area contributed by atoms with Gasteiger partial charge in [0.1, 0.15) is 6.04 Å².